The summed E-state index contributed by atoms with van der Waals surface area (Å²) in [6.07, 6.45) is 5.20. The molecule has 0 saturated carbocycles. The van der Waals surface area contributed by atoms with Crippen LogP contribution >= 0.6 is 11.8 Å². The Morgan fingerprint density at radius 2 is 1.82 bits per heavy atom. The molecule has 7 nitrogen and oxygen atoms in total. The molecule has 0 radical (unpaired) electrons. The first-order chi connectivity index (χ1) is 16.6. The number of rotatable bonds is 8. The first-order valence-electron chi connectivity index (χ1n) is 11.0. The lowest BCUT2D eigenvalue weighted by molar-refractivity contribution is -0.113. The highest BCUT2D eigenvalue weighted by molar-refractivity contribution is 7.99. The van der Waals surface area contributed by atoms with E-state index in [0.717, 1.165) is 24.1 Å². The minimum atomic E-state index is -0.183. The first-order valence-corrected chi connectivity index (χ1v) is 12.0. The monoisotopic (exact) mass is 468 g/mol. The van der Waals surface area contributed by atoms with Crippen molar-refractivity contribution in [3.05, 3.63) is 83.7 Å². The Hall–Kier alpha value is -3.96. The third-order valence-electron chi connectivity index (χ3n) is 5.35. The van der Waals surface area contributed by atoms with Crippen LogP contribution in [0.3, 0.4) is 0 Å². The summed E-state index contributed by atoms with van der Waals surface area (Å²) < 4.78 is 2.04. The predicted octanol–water partition coefficient (Wildman–Crippen LogP) is 5.06. The number of pyridine rings is 1. The highest BCUT2D eigenvalue weighted by Crippen LogP contribution is 2.32. The summed E-state index contributed by atoms with van der Waals surface area (Å²) in [5.41, 5.74) is 5.36. The van der Waals surface area contributed by atoms with Crippen molar-refractivity contribution >= 4 is 23.4 Å². The number of aromatic nitrogens is 4. The maximum absolute atomic E-state index is 12.7. The van der Waals surface area contributed by atoms with Gasteiger partial charge in [-0.3, -0.25) is 14.3 Å². The van der Waals surface area contributed by atoms with Crippen LogP contribution in [0.4, 0.5) is 5.69 Å². The molecule has 0 fully saturated rings. The van der Waals surface area contributed by atoms with E-state index in [0.29, 0.717) is 22.2 Å². The molecule has 0 atom stereocenters. The van der Waals surface area contributed by atoms with Crippen molar-refractivity contribution < 1.29 is 4.79 Å². The minimum Gasteiger partial charge on any atom is -0.325 e. The van der Waals surface area contributed by atoms with E-state index in [4.69, 9.17) is 5.26 Å². The highest BCUT2D eigenvalue weighted by atomic mass is 32.2. The number of nitriles is 1. The van der Waals surface area contributed by atoms with E-state index in [1.807, 2.05) is 16.7 Å². The van der Waals surface area contributed by atoms with Gasteiger partial charge in [-0.2, -0.15) is 5.26 Å². The van der Waals surface area contributed by atoms with Crippen molar-refractivity contribution in [1.29, 1.82) is 5.26 Å². The minimum absolute atomic E-state index is 0.151. The molecule has 0 spiro atoms. The van der Waals surface area contributed by atoms with Gasteiger partial charge in [-0.25, -0.2) is 0 Å². The smallest absolute Gasteiger partial charge is 0.234 e. The Morgan fingerprint density at radius 3 is 2.50 bits per heavy atom. The summed E-state index contributed by atoms with van der Waals surface area (Å²) >= 11 is 1.32. The third-order valence-corrected chi connectivity index (χ3v) is 6.28. The maximum Gasteiger partial charge on any atom is 0.234 e. The standard InChI is InChI=1S/C26H24N6OS/c1-3-19-9-6-10-20(4-2)24(19)32-25(21-11-7-13-28-16-21)30-31-26(32)34-17-23(33)29-22-12-5-8-18(14-22)15-27/h5-14,16H,3-4,17H2,1-2H3,(H,29,33). The quantitative estimate of drug-likeness (QED) is 0.363. The second kappa shape index (κ2) is 10.8. The molecule has 4 aromatic rings. The number of amides is 1. The van der Waals surface area contributed by atoms with E-state index in [1.54, 1.807) is 36.7 Å². The molecule has 0 unspecified atom stereocenters. The SMILES string of the molecule is CCc1cccc(CC)c1-n1c(SCC(=O)Nc2cccc(C#N)c2)nnc1-c1cccnc1. The number of nitrogens with one attached hydrogen (secondary N) is 1. The Bertz CT molecular complexity index is 1320. The van der Waals surface area contributed by atoms with Crippen LogP contribution in [0.1, 0.15) is 30.5 Å². The number of carbonyl (C=O) groups is 1. The molecule has 1 N–H and O–H groups in total. The number of aryl methyl sites for hydroxylation is 2. The van der Waals surface area contributed by atoms with E-state index >= 15 is 0 Å². The zero-order valence-corrected chi connectivity index (χ0v) is 19.8. The average Bonchev–Trinajstić information content (AvgIpc) is 3.31. The number of anilines is 1. The van der Waals surface area contributed by atoms with Crippen molar-refractivity contribution in [2.75, 3.05) is 11.1 Å². The number of carbonyl (C=O) groups excluding carboxylic acids is 1. The van der Waals surface area contributed by atoms with Gasteiger partial charge in [0.15, 0.2) is 11.0 Å². The molecule has 0 aliphatic heterocycles. The number of hydrogen-bond acceptors (Lipinski definition) is 6. The zero-order valence-electron chi connectivity index (χ0n) is 19.0. The Labute approximate surface area is 202 Å². The van der Waals surface area contributed by atoms with Crippen molar-refractivity contribution in [2.45, 2.75) is 31.8 Å². The molecule has 0 saturated heterocycles. The molecule has 0 aliphatic carbocycles. The van der Waals surface area contributed by atoms with Crippen molar-refractivity contribution in [1.82, 2.24) is 19.7 Å². The van der Waals surface area contributed by atoms with Gasteiger partial charge in [0, 0.05) is 23.6 Å². The highest BCUT2D eigenvalue weighted by Gasteiger charge is 2.21. The largest absolute Gasteiger partial charge is 0.325 e. The molecule has 34 heavy (non-hydrogen) atoms. The van der Waals surface area contributed by atoms with Crippen molar-refractivity contribution in [2.24, 2.45) is 0 Å². The first kappa shape index (κ1) is 23.2. The lowest BCUT2D eigenvalue weighted by atomic mass is 10.0. The summed E-state index contributed by atoms with van der Waals surface area (Å²) in [4.78, 5) is 16.9. The van der Waals surface area contributed by atoms with Gasteiger partial charge in [-0.05, 0) is 54.3 Å². The number of thioether (sulfide) groups is 1. The lowest BCUT2D eigenvalue weighted by Gasteiger charge is -2.18. The Morgan fingerprint density at radius 1 is 1.06 bits per heavy atom. The van der Waals surface area contributed by atoms with Gasteiger partial charge in [0.1, 0.15) is 0 Å². The second-order valence-electron chi connectivity index (χ2n) is 7.54. The molecule has 1 amide bonds. The average molecular weight is 469 g/mol. The number of para-hydroxylation sites is 1. The fourth-order valence-electron chi connectivity index (χ4n) is 3.74. The van der Waals surface area contributed by atoms with Gasteiger partial charge < -0.3 is 5.32 Å². The normalized spacial score (nSPS) is 10.6. The predicted molar refractivity (Wildman–Crippen MR) is 134 cm³/mol. The number of hydrogen-bond donors (Lipinski definition) is 1. The molecule has 4 rings (SSSR count). The zero-order chi connectivity index (χ0) is 23.9. The van der Waals surface area contributed by atoms with Crippen LogP contribution in [-0.4, -0.2) is 31.4 Å². The van der Waals surface area contributed by atoms with Gasteiger partial charge in [0.2, 0.25) is 5.91 Å². The van der Waals surface area contributed by atoms with Crippen molar-refractivity contribution in [3.8, 4) is 23.1 Å². The summed E-state index contributed by atoms with van der Waals surface area (Å²) in [5, 5.41) is 21.5. The van der Waals surface area contributed by atoms with Crippen LogP contribution in [0.2, 0.25) is 0 Å². The van der Waals surface area contributed by atoms with E-state index in [2.05, 4.69) is 58.6 Å². The molecule has 2 heterocycles. The molecule has 170 valence electrons. The van der Waals surface area contributed by atoms with Crippen molar-refractivity contribution in [3.63, 3.8) is 0 Å². The summed E-state index contributed by atoms with van der Waals surface area (Å²) in [6.45, 7) is 4.25. The van der Waals surface area contributed by atoms with Gasteiger partial charge in [0.05, 0.1) is 23.1 Å². The van der Waals surface area contributed by atoms with Gasteiger partial charge in [-0.15, -0.1) is 10.2 Å². The van der Waals surface area contributed by atoms with Crippen LogP contribution < -0.4 is 5.32 Å². The third kappa shape index (κ3) is 5.00. The molecule has 2 aromatic heterocycles. The topological polar surface area (TPSA) is 96.5 Å². The van der Waals surface area contributed by atoms with E-state index in [9.17, 15) is 4.79 Å². The van der Waals surface area contributed by atoms with Gasteiger partial charge in [-0.1, -0.05) is 49.9 Å². The van der Waals surface area contributed by atoms with Crippen LogP contribution in [0.25, 0.3) is 17.1 Å². The lowest BCUT2D eigenvalue weighted by Crippen LogP contribution is -2.15. The van der Waals surface area contributed by atoms with Crippen LogP contribution in [0.5, 0.6) is 0 Å². The van der Waals surface area contributed by atoms with E-state index in [-0.39, 0.29) is 11.7 Å². The Kier molecular flexibility index (Phi) is 7.35. The molecule has 2 aromatic carbocycles. The fraction of sp³-hybridized carbons (Fsp3) is 0.192. The molecule has 0 bridgehead atoms. The summed E-state index contributed by atoms with van der Waals surface area (Å²) in [5.74, 6) is 0.655. The fourth-order valence-corrected chi connectivity index (χ4v) is 4.48. The second-order valence-corrected chi connectivity index (χ2v) is 8.49. The van der Waals surface area contributed by atoms with Crippen LogP contribution in [0, 0.1) is 11.3 Å². The van der Waals surface area contributed by atoms with Gasteiger partial charge in [0.25, 0.3) is 0 Å². The molecular weight excluding hydrogens is 444 g/mol. The summed E-state index contributed by atoms with van der Waals surface area (Å²) in [7, 11) is 0. The molecular formula is C26H24N6OS. The van der Waals surface area contributed by atoms with E-state index in [1.165, 1.54) is 22.9 Å². The maximum atomic E-state index is 12.7. The van der Waals surface area contributed by atoms with Crippen LogP contribution in [0.15, 0.2) is 72.1 Å². The molecule has 8 heteroatoms. The number of nitrogens with zero attached hydrogens (tertiary/aromatic N) is 5. The number of benzene rings is 2. The van der Waals surface area contributed by atoms with Crippen LogP contribution in [-0.2, 0) is 17.6 Å². The molecule has 0 aliphatic rings. The summed E-state index contributed by atoms with van der Waals surface area (Å²) in [6, 6.07) is 19.1. The van der Waals surface area contributed by atoms with Gasteiger partial charge >= 0.3 is 0 Å². The van der Waals surface area contributed by atoms with E-state index < -0.39 is 0 Å². The Balaban J connectivity index is 1.68.